The van der Waals surface area contributed by atoms with E-state index in [0.29, 0.717) is 5.92 Å². The van der Waals surface area contributed by atoms with E-state index in [0.717, 1.165) is 4.57 Å². The molecule has 0 spiro atoms. The Morgan fingerprint density at radius 3 is 2.64 bits per heavy atom. The summed E-state index contributed by atoms with van der Waals surface area (Å²) in [5, 5.41) is 21.5. The van der Waals surface area contributed by atoms with Crippen molar-refractivity contribution in [2.24, 2.45) is 5.92 Å². The monoisotopic (exact) mass is 409 g/mol. The fourth-order valence-corrected chi connectivity index (χ4v) is 5.43. The second-order valence-electron chi connectivity index (χ2n) is 8.67. The van der Waals surface area contributed by atoms with Gasteiger partial charge in [0.05, 0.1) is 6.61 Å². The Hall–Kier alpha value is -1.70. The first kappa shape index (κ1) is 22.6. The number of hydrogen-bond acceptors (Lipinski definition) is 7. The molecule has 8 nitrogen and oxygen atoms in total. The Morgan fingerprint density at radius 1 is 1.54 bits per heavy atom. The SMILES string of the molecule is C#C[C@@]1(O)[C@@H](CO[Si](C)(C)C(C)(C)C(C)C)O[C@H](n2ccc(N)nc2=O)[C@@H]1O. The molecule has 0 bridgehead atoms. The molecule has 1 saturated heterocycles. The maximum atomic E-state index is 12.1. The molecule has 1 aromatic heterocycles. The minimum atomic E-state index is -2.22. The molecule has 1 aliphatic heterocycles. The van der Waals surface area contributed by atoms with Gasteiger partial charge in [0, 0.05) is 6.20 Å². The van der Waals surface area contributed by atoms with Crippen LogP contribution in [0.3, 0.4) is 0 Å². The molecular weight excluding hydrogens is 378 g/mol. The summed E-state index contributed by atoms with van der Waals surface area (Å²) in [7, 11) is -2.22. The molecule has 1 fully saturated rings. The first-order chi connectivity index (χ1) is 12.8. The van der Waals surface area contributed by atoms with Gasteiger partial charge in [0.15, 0.2) is 20.1 Å². The van der Waals surface area contributed by atoms with E-state index in [1.807, 2.05) is 0 Å². The Morgan fingerprint density at radius 2 is 2.14 bits per heavy atom. The van der Waals surface area contributed by atoms with E-state index in [9.17, 15) is 15.0 Å². The molecule has 0 unspecified atom stereocenters. The van der Waals surface area contributed by atoms with Gasteiger partial charge in [-0.05, 0) is 30.1 Å². The normalized spacial score (nSPS) is 28.5. The van der Waals surface area contributed by atoms with Crippen molar-refractivity contribution in [2.45, 2.75) is 69.9 Å². The second kappa shape index (κ2) is 7.61. The van der Waals surface area contributed by atoms with Crippen molar-refractivity contribution < 1.29 is 19.4 Å². The number of terminal acetylenes is 1. The summed E-state index contributed by atoms with van der Waals surface area (Å²) in [5.41, 5.74) is 2.79. The Balaban J connectivity index is 2.28. The van der Waals surface area contributed by atoms with Gasteiger partial charge < -0.3 is 25.1 Å². The van der Waals surface area contributed by atoms with Crippen LogP contribution in [-0.4, -0.2) is 52.5 Å². The Labute approximate surface area is 166 Å². The van der Waals surface area contributed by atoms with Gasteiger partial charge >= 0.3 is 5.69 Å². The van der Waals surface area contributed by atoms with Crippen LogP contribution in [0, 0.1) is 18.3 Å². The van der Waals surface area contributed by atoms with Crippen LogP contribution in [0.1, 0.15) is 33.9 Å². The van der Waals surface area contributed by atoms with Crippen LogP contribution in [0.15, 0.2) is 17.1 Å². The highest BCUT2D eigenvalue weighted by atomic mass is 28.4. The zero-order valence-corrected chi connectivity index (χ0v) is 18.3. The van der Waals surface area contributed by atoms with Crippen molar-refractivity contribution in [3.05, 3.63) is 22.7 Å². The lowest BCUT2D eigenvalue weighted by Crippen LogP contribution is -2.52. The van der Waals surface area contributed by atoms with Gasteiger partial charge in [0.2, 0.25) is 0 Å². The average molecular weight is 410 g/mol. The van der Waals surface area contributed by atoms with Crippen molar-refractivity contribution in [2.75, 3.05) is 12.3 Å². The van der Waals surface area contributed by atoms with Crippen LogP contribution in [0.4, 0.5) is 5.82 Å². The van der Waals surface area contributed by atoms with E-state index in [4.69, 9.17) is 21.3 Å². The highest BCUT2D eigenvalue weighted by Gasteiger charge is 2.56. The fraction of sp³-hybridized carbons (Fsp3) is 0.684. The van der Waals surface area contributed by atoms with E-state index in [1.165, 1.54) is 12.3 Å². The molecule has 28 heavy (non-hydrogen) atoms. The van der Waals surface area contributed by atoms with Gasteiger partial charge in [0.25, 0.3) is 0 Å². The van der Waals surface area contributed by atoms with Gasteiger partial charge in [0.1, 0.15) is 18.0 Å². The lowest BCUT2D eigenvalue weighted by molar-refractivity contribution is -0.0600. The molecule has 0 aromatic carbocycles. The lowest BCUT2D eigenvalue weighted by atomic mass is 9.93. The number of nitrogens with two attached hydrogens (primary N) is 1. The third kappa shape index (κ3) is 3.75. The number of aliphatic hydroxyl groups excluding tert-OH is 1. The van der Waals surface area contributed by atoms with E-state index < -0.39 is 38.0 Å². The summed E-state index contributed by atoms with van der Waals surface area (Å²) in [5.74, 6) is 2.66. The number of aromatic nitrogens is 2. The highest BCUT2D eigenvalue weighted by molar-refractivity contribution is 6.74. The van der Waals surface area contributed by atoms with Crippen molar-refractivity contribution in [3.8, 4) is 12.3 Å². The minimum absolute atomic E-state index is 0.000778. The van der Waals surface area contributed by atoms with Crippen LogP contribution in [0.2, 0.25) is 18.1 Å². The van der Waals surface area contributed by atoms with E-state index in [-0.39, 0.29) is 17.5 Å². The third-order valence-electron chi connectivity index (χ3n) is 6.46. The number of hydrogen-bond donors (Lipinski definition) is 3. The molecule has 4 N–H and O–H groups in total. The number of nitrogen functional groups attached to an aromatic ring is 1. The van der Waals surface area contributed by atoms with Crippen molar-refractivity contribution in [1.82, 2.24) is 9.55 Å². The largest absolute Gasteiger partial charge is 0.414 e. The zero-order chi connectivity index (χ0) is 21.5. The molecule has 0 radical (unpaired) electrons. The summed E-state index contributed by atoms with van der Waals surface area (Å²) in [6.45, 7) is 12.8. The summed E-state index contributed by atoms with van der Waals surface area (Å²) in [4.78, 5) is 15.7. The summed E-state index contributed by atoms with van der Waals surface area (Å²) < 4.78 is 13.1. The fourth-order valence-electron chi connectivity index (χ4n) is 3.10. The molecular formula is C19H31N3O5Si. The van der Waals surface area contributed by atoms with Crippen LogP contribution in [0.25, 0.3) is 0 Å². The minimum Gasteiger partial charge on any atom is -0.414 e. The molecule has 1 aromatic rings. The third-order valence-corrected chi connectivity index (χ3v) is 11.0. The van der Waals surface area contributed by atoms with Gasteiger partial charge in [-0.1, -0.05) is 33.6 Å². The predicted octanol–water partition coefficient (Wildman–Crippen LogP) is 1.11. The predicted molar refractivity (Wildman–Crippen MR) is 109 cm³/mol. The maximum Gasteiger partial charge on any atom is 0.351 e. The molecule has 4 atom stereocenters. The number of rotatable bonds is 6. The molecule has 9 heteroatoms. The summed E-state index contributed by atoms with van der Waals surface area (Å²) >= 11 is 0. The van der Waals surface area contributed by atoms with Crippen molar-refractivity contribution in [3.63, 3.8) is 0 Å². The quantitative estimate of drug-likeness (QED) is 0.475. The van der Waals surface area contributed by atoms with Crippen LogP contribution < -0.4 is 11.4 Å². The Kier molecular flexibility index (Phi) is 6.14. The molecule has 2 rings (SSSR count). The number of anilines is 1. The number of aliphatic hydroxyl groups is 2. The first-order valence-electron chi connectivity index (χ1n) is 9.30. The van der Waals surface area contributed by atoms with Gasteiger partial charge in [-0.3, -0.25) is 4.57 Å². The average Bonchev–Trinajstić information content (AvgIpc) is 2.85. The van der Waals surface area contributed by atoms with Crippen LogP contribution in [0.5, 0.6) is 0 Å². The molecule has 0 amide bonds. The van der Waals surface area contributed by atoms with Crippen molar-refractivity contribution >= 4 is 14.1 Å². The summed E-state index contributed by atoms with van der Waals surface area (Å²) in [6.07, 6.45) is 3.13. The molecule has 0 saturated carbocycles. The molecule has 2 heterocycles. The molecule has 0 aliphatic carbocycles. The van der Waals surface area contributed by atoms with Crippen molar-refractivity contribution in [1.29, 1.82) is 0 Å². The standard InChI is InChI=1S/C19H31N3O5Si/c1-8-19(25)13(11-26-28(6,7)18(4,5)12(2)3)27-16(15(19)23)22-10-9-14(20)21-17(22)24/h1,9-10,12-13,15-16,23,25H,11H2,2-7H3,(H2,20,21,24)/t13-,15+,16+,19-/m1/s1. The van der Waals surface area contributed by atoms with Gasteiger partial charge in [-0.25, -0.2) is 4.79 Å². The summed E-state index contributed by atoms with van der Waals surface area (Å²) in [6, 6.07) is 1.40. The van der Waals surface area contributed by atoms with E-state index in [1.54, 1.807) is 0 Å². The van der Waals surface area contributed by atoms with E-state index >= 15 is 0 Å². The van der Waals surface area contributed by atoms with Gasteiger partial charge in [-0.2, -0.15) is 4.98 Å². The number of ether oxygens (including phenoxy) is 1. The van der Waals surface area contributed by atoms with Crippen LogP contribution >= 0.6 is 0 Å². The number of nitrogens with zero attached hydrogens (tertiary/aromatic N) is 2. The molecule has 1 aliphatic rings. The van der Waals surface area contributed by atoms with Crippen LogP contribution in [-0.2, 0) is 9.16 Å². The van der Waals surface area contributed by atoms with E-state index in [2.05, 4.69) is 51.7 Å². The Bertz CT molecular complexity index is 817. The topological polar surface area (TPSA) is 120 Å². The second-order valence-corrected chi connectivity index (χ2v) is 13.3. The maximum absolute atomic E-state index is 12.1. The zero-order valence-electron chi connectivity index (χ0n) is 17.3. The highest BCUT2D eigenvalue weighted by Crippen LogP contribution is 2.45. The van der Waals surface area contributed by atoms with Gasteiger partial charge in [-0.15, -0.1) is 6.42 Å². The smallest absolute Gasteiger partial charge is 0.351 e. The first-order valence-corrected chi connectivity index (χ1v) is 12.2. The lowest BCUT2D eigenvalue weighted by Gasteiger charge is -2.43. The molecule has 156 valence electrons.